The molecule has 1 aromatic heterocycles. The third-order valence-corrected chi connectivity index (χ3v) is 9.61. The van der Waals surface area contributed by atoms with E-state index in [1.165, 1.54) is 23.5 Å². The topological polar surface area (TPSA) is 58.2 Å². The van der Waals surface area contributed by atoms with Crippen LogP contribution in [0.1, 0.15) is 55.3 Å². The Morgan fingerprint density at radius 1 is 1.09 bits per heavy atom. The molecule has 4 rings (SSSR count). The number of nitrogens with one attached hydrogen (secondary N) is 2. The summed E-state index contributed by atoms with van der Waals surface area (Å²) in [5.74, 6) is 0.00905. The van der Waals surface area contributed by atoms with Crippen molar-refractivity contribution in [2.75, 3.05) is 11.9 Å². The van der Waals surface area contributed by atoms with Crippen molar-refractivity contribution in [1.82, 2.24) is 4.72 Å². The normalized spacial score (nSPS) is 21.2. The molecule has 0 spiro atoms. The van der Waals surface area contributed by atoms with Gasteiger partial charge in [0, 0.05) is 12.2 Å². The maximum absolute atomic E-state index is 13.4. The van der Waals surface area contributed by atoms with Crippen LogP contribution in [0.4, 0.5) is 18.9 Å². The zero-order valence-electron chi connectivity index (χ0n) is 19.5. The maximum atomic E-state index is 13.4. The average molecular weight is 523 g/mol. The second-order valence-electron chi connectivity index (χ2n) is 9.25. The number of hydrogen-bond donors (Lipinski definition) is 2. The molecule has 2 aromatic carbocycles. The summed E-state index contributed by atoms with van der Waals surface area (Å²) >= 11 is 1.17. The van der Waals surface area contributed by atoms with Gasteiger partial charge in [0.1, 0.15) is 4.21 Å². The molecule has 2 N–H and O–H groups in total. The second kappa shape index (κ2) is 10.3. The molecule has 0 saturated carbocycles. The van der Waals surface area contributed by atoms with Gasteiger partial charge >= 0.3 is 6.18 Å². The van der Waals surface area contributed by atoms with Gasteiger partial charge in [-0.1, -0.05) is 50.2 Å². The molecular formula is C26H29F3N2O2S2. The van der Waals surface area contributed by atoms with E-state index in [-0.39, 0.29) is 28.0 Å². The molecule has 0 radical (unpaired) electrons. The third kappa shape index (κ3) is 5.90. The highest BCUT2D eigenvalue weighted by molar-refractivity contribution is 7.91. The van der Waals surface area contributed by atoms with Crippen LogP contribution < -0.4 is 10.0 Å². The predicted molar refractivity (Wildman–Crippen MR) is 134 cm³/mol. The van der Waals surface area contributed by atoms with Gasteiger partial charge < -0.3 is 5.32 Å². The minimum atomic E-state index is -4.39. The minimum Gasteiger partial charge on any atom is -0.378 e. The Balaban J connectivity index is 1.52. The van der Waals surface area contributed by atoms with E-state index in [4.69, 9.17) is 0 Å². The van der Waals surface area contributed by atoms with Crippen LogP contribution in [0.25, 0.3) is 0 Å². The maximum Gasteiger partial charge on any atom is 0.416 e. The fraction of sp³-hybridized carbons (Fsp3) is 0.385. The van der Waals surface area contributed by atoms with E-state index in [0.717, 1.165) is 30.2 Å². The number of halogens is 3. The first-order chi connectivity index (χ1) is 16.6. The molecule has 0 aliphatic carbocycles. The Kier molecular flexibility index (Phi) is 7.59. The number of rotatable bonds is 8. The van der Waals surface area contributed by atoms with Crippen molar-refractivity contribution >= 4 is 27.0 Å². The number of sulfonamides is 1. The highest BCUT2D eigenvalue weighted by Gasteiger charge is 2.37. The molecule has 9 heteroatoms. The van der Waals surface area contributed by atoms with Gasteiger partial charge in [-0.2, -0.15) is 13.2 Å². The van der Waals surface area contributed by atoms with Crippen LogP contribution in [-0.2, 0) is 16.2 Å². The van der Waals surface area contributed by atoms with E-state index in [2.05, 4.69) is 10.0 Å². The summed E-state index contributed by atoms with van der Waals surface area (Å²) < 4.78 is 68.0. The summed E-state index contributed by atoms with van der Waals surface area (Å²) in [6.07, 6.45) is -2.92. The molecule has 35 heavy (non-hydrogen) atoms. The fourth-order valence-electron chi connectivity index (χ4n) is 4.77. The monoisotopic (exact) mass is 522 g/mol. The summed E-state index contributed by atoms with van der Waals surface area (Å²) in [6, 6.07) is 17.1. The molecule has 0 bridgehead atoms. The lowest BCUT2D eigenvalue weighted by Crippen LogP contribution is -2.32. The average Bonchev–Trinajstić information content (AvgIpc) is 3.38. The SMILES string of the molecule is C[C@H](CC[C@@H]1[C@H](C)c2cc(C(F)(F)F)ccc2N[C@H]1c1ccccc1)CNS(=O)(=O)c1cccs1. The van der Waals surface area contributed by atoms with Crippen molar-refractivity contribution in [3.63, 3.8) is 0 Å². The van der Waals surface area contributed by atoms with Crippen molar-refractivity contribution in [2.45, 2.75) is 49.0 Å². The Morgan fingerprint density at radius 2 is 1.83 bits per heavy atom. The zero-order chi connectivity index (χ0) is 25.2. The molecule has 4 atom stereocenters. The van der Waals surface area contributed by atoms with E-state index in [1.807, 2.05) is 44.2 Å². The van der Waals surface area contributed by atoms with Crippen molar-refractivity contribution in [2.24, 2.45) is 11.8 Å². The van der Waals surface area contributed by atoms with Crippen LogP contribution in [0.15, 0.2) is 70.3 Å². The second-order valence-corrected chi connectivity index (χ2v) is 12.2. The first kappa shape index (κ1) is 25.7. The summed E-state index contributed by atoms with van der Waals surface area (Å²) in [7, 11) is -3.53. The van der Waals surface area contributed by atoms with Crippen LogP contribution >= 0.6 is 11.3 Å². The predicted octanol–water partition coefficient (Wildman–Crippen LogP) is 7.05. The number of alkyl halides is 3. The summed E-state index contributed by atoms with van der Waals surface area (Å²) in [5.41, 5.74) is 1.84. The standard InChI is InChI=1S/C26H29F3N2O2S2/c1-17(16-30-35(32,33)24-9-6-14-34-24)10-12-21-18(2)22-15-20(26(27,28)29)11-13-23(22)31-25(21)19-7-4-3-5-8-19/h3-9,11,13-15,17-18,21,25,30-31H,10,12,16H2,1-2H3/t17-,18+,21-,25+/m1/s1. The molecule has 0 saturated heterocycles. The summed E-state index contributed by atoms with van der Waals surface area (Å²) in [6.45, 7) is 4.29. The van der Waals surface area contributed by atoms with E-state index in [0.29, 0.717) is 12.1 Å². The first-order valence-electron chi connectivity index (χ1n) is 11.6. The zero-order valence-corrected chi connectivity index (χ0v) is 21.2. The molecule has 0 fully saturated rings. The molecule has 4 nitrogen and oxygen atoms in total. The van der Waals surface area contributed by atoms with Gasteiger partial charge in [0.2, 0.25) is 10.0 Å². The van der Waals surface area contributed by atoms with Crippen molar-refractivity contribution in [3.05, 3.63) is 82.7 Å². The van der Waals surface area contributed by atoms with Gasteiger partial charge in [0.15, 0.2) is 0 Å². The molecule has 3 aromatic rings. The van der Waals surface area contributed by atoms with Crippen molar-refractivity contribution in [1.29, 1.82) is 0 Å². The number of hydrogen-bond acceptors (Lipinski definition) is 4. The van der Waals surface area contributed by atoms with E-state index in [1.54, 1.807) is 17.5 Å². The molecule has 1 aliphatic heterocycles. The van der Waals surface area contributed by atoms with Crippen LogP contribution in [-0.4, -0.2) is 15.0 Å². The van der Waals surface area contributed by atoms with Gasteiger partial charge in [-0.25, -0.2) is 13.1 Å². The minimum absolute atomic E-state index is 0.0461. The summed E-state index contributed by atoms with van der Waals surface area (Å²) in [5, 5.41) is 5.22. The van der Waals surface area contributed by atoms with E-state index in [9.17, 15) is 21.6 Å². The van der Waals surface area contributed by atoms with Crippen LogP contribution in [0, 0.1) is 11.8 Å². The number of thiophene rings is 1. The summed E-state index contributed by atoms with van der Waals surface area (Å²) in [4.78, 5) is 0. The van der Waals surface area contributed by atoms with Crippen molar-refractivity contribution < 1.29 is 21.6 Å². The number of anilines is 1. The third-order valence-electron chi connectivity index (χ3n) is 6.78. The van der Waals surface area contributed by atoms with Crippen LogP contribution in [0.5, 0.6) is 0 Å². The molecule has 1 aliphatic rings. The molecule has 2 heterocycles. The lowest BCUT2D eigenvalue weighted by molar-refractivity contribution is -0.137. The molecular weight excluding hydrogens is 493 g/mol. The van der Waals surface area contributed by atoms with E-state index >= 15 is 0 Å². The smallest absolute Gasteiger partial charge is 0.378 e. The lowest BCUT2D eigenvalue weighted by Gasteiger charge is -2.40. The Morgan fingerprint density at radius 3 is 2.49 bits per heavy atom. The Hall–Kier alpha value is -2.36. The molecule has 188 valence electrons. The molecule has 0 unspecified atom stereocenters. The number of benzene rings is 2. The van der Waals surface area contributed by atoms with Gasteiger partial charge in [0.25, 0.3) is 0 Å². The van der Waals surface area contributed by atoms with Gasteiger partial charge in [-0.3, -0.25) is 0 Å². The Labute approximate surface area is 208 Å². The quantitative estimate of drug-likeness (QED) is 0.333. The van der Waals surface area contributed by atoms with Gasteiger partial charge in [-0.05, 0) is 71.4 Å². The van der Waals surface area contributed by atoms with Gasteiger partial charge in [-0.15, -0.1) is 11.3 Å². The first-order valence-corrected chi connectivity index (χ1v) is 14.0. The van der Waals surface area contributed by atoms with Crippen molar-refractivity contribution in [3.8, 4) is 0 Å². The molecule has 0 amide bonds. The lowest BCUT2D eigenvalue weighted by atomic mass is 9.73. The highest BCUT2D eigenvalue weighted by atomic mass is 32.2. The van der Waals surface area contributed by atoms with Crippen LogP contribution in [0.2, 0.25) is 0 Å². The largest absolute Gasteiger partial charge is 0.416 e. The fourth-order valence-corrected chi connectivity index (χ4v) is 6.97. The van der Waals surface area contributed by atoms with Gasteiger partial charge in [0.05, 0.1) is 11.6 Å². The van der Waals surface area contributed by atoms with Crippen LogP contribution in [0.3, 0.4) is 0 Å². The Bertz CT molecular complexity index is 1230. The highest BCUT2D eigenvalue weighted by Crippen LogP contribution is 2.48. The number of fused-ring (bicyclic) bond motifs is 1. The van der Waals surface area contributed by atoms with E-state index < -0.39 is 21.8 Å².